The third-order valence-corrected chi connectivity index (χ3v) is 2.53. The molecule has 0 aromatic rings. The van der Waals surface area contributed by atoms with E-state index < -0.39 is 0 Å². The monoisotopic (exact) mass is 206 g/mol. The van der Waals surface area contributed by atoms with E-state index in [1.54, 1.807) is 0 Å². The molecule has 0 nitrogen and oxygen atoms in total. The van der Waals surface area contributed by atoms with Crippen molar-refractivity contribution in [2.24, 2.45) is 0 Å². The molecule has 0 unspecified atom stereocenters. The van der Waals surface area contributed by atoms with E-state index in [0.717, 1.165) is 19.3 Å². The third-order valence-electron chi connectivity index (χ3n) is 2.53. The standard InChI is InChI=1S/C15H26/c1-5-7-9-11-14(3)13-15(4)12-10-8-6-2/h5,7H,3-4,6,8-13H2,1-2H3. The summed E-state index contributed by atoms with van der Waals surface area (Å²) >= 11 is 0. The molecule has 0 heterocycles. The molecular formula is C15H26. The minimum atomic E-state index is 1.03. The summed E-state index contributed by atoms with van der Waals surface area (Å²) in [5, 5.41) is 0. The molecule has 0 N–H and O–H groups in total. The Morgan fingerprint density at radius 2 is 1.73 bits per heavy atom. The maximum Gasteiger partial charge on any atom is -0.0114 e. The van der Waals surface area contributed by atoms with Crippen LogP contribution < -0.4 is 0 Å². The van der Waals surface area contributed by atoms with E-state index >= 15 is 0 Å². The van der Waals surface area contributed by atoms with Crippen molar-refractivity contribution in [3.8, 4) is 0 Å². The topological polar surface area (TPSA) is 0 Å². The van der Waals surface area contributed by atoms with E-state index in [1.807, 2.05) is 0 Å². The van der Waals surface area contributed by atoms with Gasteiger partial charge in [0.1, 0.15) is 0 Å². The van der Waals surface area contributed by atoms with Crippen molar-refractivity contribution >= 4 is 0 Å². The van der Waals surface area contributed by atoms with Crippen LogP contribution in [0, 0.1) is 0 Å². The molecule has 0 aliphatic carbocycles. The summed E-state index contributed by atoms with van der Waals surface area (Å²) in [7, 11) is 0. The van der Waals surface area contributed by atoms with Crippen LogP contribution in [0.5, 0.6) is 0 Å². The molecule has 0 aromatic heterocycles. The fourth-order valence-corrected chi connectivity index (χ4v) is 1.61. The minimum Gasteiger partial charge on any atom is -0.0995 e. The highest BCUT2D eigenvalue weighted by atomic mass is 14.0. The van der Waals surface area contributed by atoms with Gasteiger partial charge in [-0.1, -0.05) is 56.2 Å². The highest BCUT2D eigenvalue weighted by Gasteiger charge is 1.98. The molecule has 0 atom stereocenters. The average molecular weight is 206 g/mol. The highest BCUT2D eigenvalue weighted by molar-refractivity contribution is 5.10. The van der Waals surface area contributed by atoms with Crippen LogP contribution in [0.1, 0.15) is 58.8 Å². The molecule has 0 rings (SSSR count). The van der Waals surface area contributed by atoms with Crippen LogP contribution in [-0.4, -0.2) is 0 Å². The van der Waals surface area contributed by atoms with Crippen molar-refractivity contribution in [3.05, 3.63) is 36.5 Å². The van der Waals surface area contributed by atoms with Gasteiger partial charge in [0.2, 0.25) is 0 Å². The summed E-state index contributed by atoms with van der Waals surface area (Å²) in [5.74, 6) is 0. The van der Waals surface area contributed by atoms with E-state index in [-0.39, 0.29) is 0 Å². The molecule has 0 heteroatoms. The molecule has 0 aromatic carbocycles. The lowest BCUT2D eigenvalue weighted by Gasteiger charge is -2.07. The van der Waals surface area contributed by atoms with Gasteiger partial charge < -0.3 is 0 Å². The first-order valence-corrected chi connectivity index (χ1v) is 6.15. The Hall–Kier alpha value is -0.780. The fraction of sp³-hybridized carbons (Fsp3) is 0.600. The lowest BCUT2D eigenvalue weighted by Crippen LogP contribution is -1.87. The molecule has 15 heavy (non-hydrogen) atoms. The zero-order valence-corrected chi connectivity index (χ0v) is 10.5. The van der Waals surface area contributed by atoms with Gasteiger partial charge in [-0.2, -0.15) is 0 Å². The number of rotatable bonds is 9. The first kappa shape index (κ1) is 14.2. The molecule has 0 bridgehead atoms. The summed E-state index contributed by atoms with van der Waals surface area (Å²) < 4.78 is 0. The zero-order valence-electron chi connectivity index (χ0n) is 10.5. The minimum absolute atomic E-state index is 1.03. The van der Waals surface area contributed by atoms with Gasteiger partial charge >= 0.3 is 0 Å². The Kier molecular flexibility index (Phi) is 9.26. The van der Waals surface area contributed by atoms with Crippen LogP contribution in [0.3, 0.4) is 0 Å². The fourth-order valence-electron chi connectivity index (χ4n) is 1.61. The number of allylic oxidation sites excluding steroid dienone is 4. The Bertz CT molecular complexity index is 208. The number of hydrogen-bond donors (Lipinski definition) is 0. The van der Waals surface area contributed by atoms with E-state index in [1.165, 1.54) is 36.8 Å². The average Bonchev–Trinajstić information content (AvgIpc) is 2.18. The van der Waals surface area contributed by atoms with E-state index in [0.29, 0.717) is 0 Å². The molecule has 0 amide bonds. The van der Waals surface area contributed by atoms with Gasteiger partial charge in [-0.15, -0.1) is 0 Å². The Morgan fingerprint density at radius 3 is 2.33 bits per heavy atom. The predicted octanol–water partition coefficient (Wildman–Crippen LogP) is 5.43. The van der Waals surface area contributed by atoms with Crippen molar-refractivity contribution in [3.63, 3.8) is 0 Å². The third kappa shape index (κ3) is 9.52. The van der Waals surface area contributed by atoms with Gasteiger partial charge in [-0.25, -0.2) is 0 Å². The molecule has 0 aliphatic rings. The van der Waals surface area contributed by atoms with E-state index in [2.05, 4.69) is 39.2 Å². The van der Waals surface area contributed by atoms with Crippen LogP contribution in [0.25, 0.3) is 0 Å². The van der Waals surface area contributed by atoms with E-state index in [4.69, 9.17) is 0 Å². The number of unbranched alkanes of at least 4 members (excludes halogenated alkanes) is 2. The Morgan fingerprint density at radius 1 is 1.07 bits per heavy atom. The van der Waals surface area contributed by atoms with Crippen molar-refractivity contribution < 1.29 is 0 Å². The maximum atomic E-state index is 4.12. The summed E-state index contributed by atoms with van der Waals surface area (Å²) in [5.41, 5.74) is 2.68. The summed E-state index contributed by atoms with van der Waals surface area (Å²) in [6.07, 6.45) is 12.6. The quantitative estimate of drug-likeness (QED) is 0.349. The Balaban J connectivity index is 3.53. The second-order valence-electron chi connectivity index (χ2n) is 4.24. The first-order chi connectivity index (χ1) is 7.20. The van der Waals surface area contributed by atoms with Crippen LogP contribution in [0.2, 0.25) is 0 Å². The Labute approximate surface area is 95.8 Å². The SMILES string of the molecule is C=C(CCC=CC)CC(=C)CCCCC. The largest absolute Gasteiger partial charge is 0.0995 e. The molecule has 0 saturated carbocycles. The molecule has 0 fully saturated rings. The van der Waals surface area contributed by atoms with Crippen molar-refractivity contribution in [2.45, 2.75) is 58.8 Å². The zero-order chi connectivity index (χ0) is 11.5. The normalized spacial score (nSPS) is 10.8. The lowest BCUT2D eigenvalue weighted by molar-refractivity contribution is 0.703. The molecule has 0 radical (unpaired) electrons. The highest BCUT2D eigenvalue weighted by Crippen LogP contribution is 2.18. The molecule has 0 aliphatic heterocycles. The van der Waals surface area contributed by atoms with Crippen molar-refractivity contribution in [1.29, 1.82) is 0 Å². The van der Waals surface area contributed by atoms with Crippen LogP contribution in [0.4, 0.5) is 0 Å². The van der Waals surface area contributed by atoms with E-state index in [9.17, 15) is 0 Å². The molecule has 0 spiro atoms. The van der Waals surface area contributed by atoms with Crippen LogP contribution in [-0.2, 0) is 0 Å². The summed E-state index contributed by atoms with van der Waals surface area (Å²) in [4.78, 5) is 0. The van der Waals surface area contributed by atoms with Crippen molar-refractivity contribution in [2.75, 3.05) is 0 Å². The van der Waals surface area contributed by atoms with Gasteiger partial charge in [-0.3, -0.25) is 0 Å². The summed E-state index contributed by atoms with van der Waals surface area (Å²) in [6.45, 7) is 12.5. The van der Waals surface area contributed by atoms with Crippen LogP contribution in [0.15, 0.2) is 36.5 Å². The second-order valence-corrected chi connectivity index (χ2v) is 4.24. The van der Waals surface area contributed by atoms with Crippen LogP contribution >= 0.6 is 0 Å². The van der Waals surface area contributed by atoms with Gasteiger partial charge in [0, 0.05) is 0 Å². The maximum absolute atomic E-state index is 4.12. The molecule has 86 valence electrons. The van der Waals surface area contributed by atoms with Gasteiger partial charge in [0.05, 0.1) is 0 Å². The summed E-state index contributed by atoms with van der Waals surface area (Å²) in [6, 6.07) is 0. The number of hydrogen-bond acceptors (Lipinski definition) is 0. The second kappa shape index (κ2) is 9.76. The smallest absolute Gasteiger partial charge is 0.0114 e. The van der Waals surface area contributed by atoms with Gasteiger partial charge in [0.15, 0.2) is 0 Å². The predicted molar refractivity (Wildman–Crippen MR) is 71.1 cm³/mol. The first-order valence-electron chi connectivity index (χ1n) is 6.15. The lowest BCUT2D eigenvalue weighted by atomic mass is 9.99. The molecular weight excluding hydrogens is 180 g/mol. The van der Waals surface area contributed by atoms with Gasteiger partial charge in [0.25, 0.3) is 0 Å². The molecule has 0 saturated heterocycles. The van der Waals surface area contributed by atoms with Gasteiger partial charge in [-0.05, 0) is 39.0 Å². The van der Waals surface area contributed by atoms with Crippen molar-refractivity contribution in [1.82, 2.24) is 0 Å².